The number of nitrogens with one attached hydrogen (secondary N) is 2. The number of hydrogen-bond donors (Lipinski definition) is 2. The molecule has 2 amide bonds. The zero-order chi connectivity index (χ0) is 19.4. The first-order chi connectivity index (χ1) is 12.8. The van der Waals surface area contributed by atoms with Crippen molar-refractivity contribution in [2.24, 2.45) is 0 Å². The van der Waals surface area contributed by atoms with Crippen molar-refractivity contribution in [3.8, 4) is 0 Å². The van der Waals surface area contributed by atoms with Gasteiger partial charge in [-0.3, -0.25) is 14.5 Å². The molecule has 0 atom stereocenters. The molecule has 2 N–H and O–H groups in total. The Labute approximate surface area is 156 Å². The summed E-state index contributed by atoms with van der Waals surface area (Å²) in [4.78, 5) is 24.1. The summed E-state index contributed by atoms with van der Waals surface area (Å²) in [5.41, 5.74) is 1.43. The van der Waals surface area contributed by atoms with E-state index in [1.807, 2.05) is 12.1 Å². The second-order valence-corrected chi connectivity index (χ2v) is 6.96. The molecule has 0 unspecified atom stereocenters. The van der Waals surface area contributed by atoms with E-state index in [1.54, 1.807) is 61.7 Å². The normalized spacial score (nSPS) is 11.2. The number of aromatic nitrogens is 3. The summed E-state index contributed by atoms with van der Waals surface area (Å²) >= 11 is 0. The number of alkyl carbamates (subject to hydrolysis) is 1. The molecule has 2 heterocycles. The molecule has 140 valence electrons. The predicted octanol–water partition coefficient (Wildman–Crippen LogP) is 3.01. The van der Waals surface area contributed by atoms with E-state index in [4.69, 9.17) is 4.74 Å². The molecule has 0 aliphatic rings. The number of pyridine rings is 1. The van der Waals surface area contributed by atoms with Gasteiger partial charge >= 0.3 is 6.09 Å². The average Bonchev–Trinajstić information content (AvgIpc) is 3.02. The standard InChI is InChI=1S/C19H21N5O3/c1-19(2,3)27-18(26)20-12-13-7-9-14(10-8-13)16(25)21-17-23-22-15-6-4-5-11-24(15)17/h4-11H,12H2,1-3H3,(H,20,26)(H,21,23,25). The summed E-state index contributed by atoms with van der Waals surface area (Å²) in [7, 11) is 0. The minimum atomic E-state index is -0.544. The van der Waals surface area contributed by atoms with Crippen molar-refractivity contribution in [3.63, 3.8) is 0 Å². The van der Waals surface area contributed by atoms with Crippen LogP contribution in [0.25, 0.3) is 5.65 Å². The third-order valence-electron chi connectivity index (χ3n) is 3.59. The second kappa shape index (κ2) is 7.45. The van der Waals surface area contributed by atoms with Crippen LogP contribution in [0, 0.1) is 0 Å². The third-order valence-corrected chi connectivity index (χ3v) is 3.59. The van der Waals surface area contributed by atoms with Crippen LogP contribution in [0.4, 0.5) is 10.7 Å². The number of anilines is 1. The maximum atomic E-state index is 12.4. The van der Waals surface area contributed by atoms with Crippen LogP contribution in [0.15, 0.2) is 48.7 Å². The van der Waals surface area contributed by atoms with E-state index in [0.29, 0.717) is 23.7 Å². The van der Waals surface area contributed by atoms with Crippen LogP contribution in [0.1, 0.15) is 36.7 Å². The monoisotopic (exact) mass is 367 g/mol. The van der Waals surface area contributed by atoms with Crippen molar-refractivity contribution >= 4 is 23.6 Å². The highest BCUT2D eigenvalue weighted by molar-refractivity contribution is 6.03. The molecule has 8 heteroatoms. The molecular formula is C19H21N5O3. The quantitative estimate of drug-likeness (QED) is 0.739. The van der Waals surface area contributed by atoms with Crippen LogP contribution in [0.3, 0.4) is 0 Å². The topological polar surface area (TPSA) is 97.6 Å². The van der Waals surface area contributed by atoms with Gasteiger partial charge in [0, 0.05) is 18.3 Å². The number of amides is 2. The van der Waals surface area contributed by atoms with E-state index < -0.39 is 11.7 Å². The van der Waals surface area contributed by atoms with Gasteiger partial charge in [0.15, 0.2) is 5.65 Å². The Morgan fingerprint density at radius 1 is 1.07 bits per heavy atom. The van der Waals surface area contributed by atoms with Crippen LogP contribution in [0.5, 0.6) is 0 Å². The highest BCUT2D eigenvalue weighted by Gasteiger charge is 2.16. The molecule has 0 aliphatic carbocycles. The van der Waals surface area contributed by atoms with Crippen molar-refractivity contribution in [3.05, 3.63) is 59.8 Å². The Morgan fingerprint density at radius 2 is 1.81 bits per heavy atom. The van der Waals surface area contributed by atoms with Gasteiger partial charge in [-0.05, 0) is 50.6 Å². The van der Waals surface area contributed by atoms with Crippen molar-refractivity contribution in [1.29, 1.82) is 0 Å². The molecule has 0 fully saturated rings. The zero-order valence-electron chi connectivity index (χ0n) is 15.4. The lowest BCUT2D eigenvalue weighted by Gasteiger charge is -2.19. The van der Waals surface area contributed by atoms with Crippen LogP contribution < -0.4 is 10.6 Å². The molecule has 27 heavy (non-hydrogen) atoms. The van der Waals surface area contributed by atoms with Crippen molar-refractivity contribution in [2.75, 3.05) is 5.32 Å². The molecule has 3 aromatic rings. The van der Waals surface area contributed by atoms with E-state index in [2.05, 4.69) is 20.8 Å². The van der Waals surface area contributed by atoms with Gasteiger partial charge in [0.05, 0.1) is 0 Å². The first-order valence-corrected chi connectivity index (χ1v) is 8.49. The lowest BCUT2D eigenvalue weighted by atomic mass is 10.1. The van der Waals surface area contributed by atoms with Crippen molar-refractivity contribution in [1.82, 2.24) is 19.9 Å². The highest BCUT2D eigenvalue weighted by atomic mass is 16.6. The number of carbonyl (C=O) groups is 2. The van der Waals surface area contributed by atoms with Crippen molar-refractivity contribution < 1.29 is 14.3 Å². The predicted molar refractivity (Wildman–Crippen MR) is 100 cm³/mol. The van der Waals surface area contributed by atoms with E-state index in [1.165, 1.54) is 0 Å². The number of benzene rings is 1. The molecule has 1 aromatic carbocycles. The van der Waals surface area contributed by atoms with Gasteiger partial charge < -0.3 is 10.1 Å². The Balaban J connectivity index is 1.60. The van der Waals surface area contributed by atoms with Gasteiger partial charge in [0.25, 0.3) is 5.91 Å². The molecule has 0 aliphatic heterocycles. The number of fused-ring (bicyclic) bond motifs is 1. The van der Waals surface area contributed by atoms with Crippen LogP contribution in [-0.4, -0.2) is 32.2 Å². The van der Waals surface area contributed by atoms with E-state index in [0.717, 1.165) is 5.56 Å². The Hall–Kier alpha value is -3.42. The summed E-state index contributed by atoms with van der Waals surface area (Å²) in [6.07, 6.45) is 1.29. The number of rotatable bonds is 4. The Bertz CT molecular complexity index is 957. The highest BCUT2D eigenvalue weighted by Crippen LogP contribution is 2.11. The molecular weight excluding hydrogens is 346 g/mol. The number of nitrogens with zero attached hydrogens (tertiary/aromatic N) is 3. The van der Waals surface area contributed by atoms with Gasteiger partial charge in [0.1, 0.15) is 5.60 Å². The van der Waals surface area contributed by atoms with E-state index >= 15 is 0 Å². The smallest absolute Gasteiger partial charge is 0.407 e. The Kier molecular flexibility index (Phi) is 5.07. The maximum absolute atomic E-state index is 12.4. The van der Waals surface area contributed by atoms with Crippen molar-refractivity contribution in [2.45, 2.75) is 32.9 Å². The first kappa shape index (κ1) is 18.4. The lowest BCUT2D eigenvalue weighted by Crippen LogP contribution is -2.32. The third kappa shape index (κ3) is 4.81. The largest absolute Gasteiger partial charge is 0.444 e. The summed E-state index contributed by atoms with van der Waals surface area (Å²) < 4.78 is 6.88. The molecule has 0 saturated carbocycles. The second-order valence-electron chi connectivity index (χ2n) is 6.96. The molecule has 0 radical (unpaired) electrons. The summed E-state index contributed by atoms with van der Waals surface area (Å²) in [5, 5.41) is 13.4. The molecule has 0 spiro atoms. The molecule has 0 bridgehead atoms. The average molecular weight is 367 g/mol. The minimum absolute atomic E-state index is 0.292. The fourth-order valence-corrected chi connectivity index (χ4v) is 2.36. The van der Waals surface area contributed by atoms with Gasteiger partial charge in [0.2, 0.25) is 5.95 Å². The molecule has 0 saturated heterocycles. The van der Waals surface area contributed by atoms with Crippen LogP contribution in [-0.2, 0) is 11.3 Å². The van der Waals surface area contributed by atoms with Crippen LogP contribution >= 0.6 is 0 Å². The number of hydrogen-bond acceptors (Lipinski definition) is 5. The molecule has 2 aromatic heterocycles. The van der Waals surface area contributed by atoms with Gasteiger partial charge in [-0.1, -0.05) is 18.2 Å². The van der Waals surface area contributed by atoms with E-state index in [9.17, 15) is 9.59 Å². The summed E-state index contributed by atoms with van der Waals surface area (Å²) in [5.74, 6) is 0.0612. The lowest BCUT2D eigenvalue weighted by molar-refractivity contribution is 0.0523. The van der Waals surface area contributed by atoms with Gasteiger partial charge in [-0.2, -0.15) is 0 Å². The summed E-state index contributed by atoms with van der Waals surface area (Å²) in [6, 6.07) is 12.4. The fourth-order valence-electron chi connectivity index (χ4n) is 2.36. The summed E-state index contributed by atoms with van der Waals surface area (Å²) in [6.45, 7) is 5.72. The minimum Gasteiger partial charge on any atom is -0.444 e. The maximum Gasteiger partial charge on any atom is 0.407 e. The zero-order valence-corrected chi connectivity index (χ0v) is 15.4. The first-order valence-electron chi connectivity index (χ1n) is 8.49. The van der Waals surface area contributed by atoms with Crippen LogP contribution in [0.2, 0.25) is 0 Å². The number of ether oxygens (including phenoxy) is 1. The van der Waals surface area contributed by atoms with Gasteiger partial charge in [-0.25, -0.2) is 4.79 Å². The number of carbonyl (C=O) groups excluding carboxylic acids is 2. The SMILES string of the molecule is CC(C)(C)OC(=O)NCc1ccc(C(=O)Nc2nnc3ccccn23)cc1. The fraction of sp³-hybridized carbons (Fsp3) is 0.263. The molecule has 3 rings (SSSR count). The van der Waals surface area contributed by atoms with E-state index in [-0.39, 0.29) is 5.91 Å². The van der Waals surface area contributed by atoms with Gasteiger partial charge in [-0.15, -0.1) is 10.2 Å². The molecule has 8 nitrogen and oxygen atoms in total. The Morgan fingerprint density at radius 3 is 2.52 bits per heavy atom.